The number of fused-ring (bicyclic) bond motifs is 2. The van der Waals surface area contributed by atoms with Crippen LogP contribution in [0.4, 0.5) is 43.9 Å². The Morgan fingerprint density at radius 1 is 0.940 bits per heavy atom. The molecule has 0 unspecified atom stereocenters. The molecular weight excluding hydrogens is 933 g/mol. The average Bonchev–Trinajstić information content (AvgIpc) is 3.87. The molecule has 4 aromatic rings. The van der Waals surface area contributed by atoms with Crippen LogP contribution < -0.4 is 36.1 Å². The van der Waals surface area contributed by atoms with E-state index in [4.69, 9.17) is 36.1 Å². The molecule has 0 aliphatic carbocycles. The zero-order valence-electron chi connectivity index (χ0n) is 36.0. The summed E-state index contributed by atoms with van der Waals surface area (Å²) in [5.74, 6) is -6.89. The first kappa shape index (κ1) is 50.5. The second-order valence-electron chi connectivity index (χ2n) is 15.1. The van der Waals surface area contributed by atoms with Crippen molar-refractivity contribution in [1.29, 1.82) is 0 Å². The van der Waals surface area contributed by atoms with Crippen LogP contribution in [0.2, 0.25) is 5.02 Å². The highest BCUT2D eigenvalue weighted by molar-refractivity contribution is 8.00. The lowest BCUT2D eigenvalue weighted by molar-refractivity contribution is -0.123. The van der Waals surface area contributed by atoms with Crippen molar-refractivity contribution < 1.29 is 55.3 Å². The van der Waals surface area contributed by atoms with Crippen LogP contribution in [0.15, 0.2) is 41.8 Å². The normalized spacial score (nSPS) is 16.3. The van der Waals surface area contributed by atoms with E-state index in [2.05, 4.69) is 46.6 Å². The number of benzene rings is 3. The summed E-state index contributed by atoms with van der Waals surface area (Å²) >= 11 is 7.68. The Morgan fingerprint density at radius 2 is 1.69 bits per heavy atom. The van der Waals surface area contributed by atoms with Crippen molar-refractivity contribution >= 4 is 69.3 Å². The number of hydrogen-bond acceptors (Lipinski definition) is 13. The Hall–Kier alpha value is -5.91. The van der Waals surface area contributed by atoms with Gasteiger partial charge in [0.1, 0.15) is 30.3 Å². The molecule has 5 N–H and O–H groups in total. The zero-order valence-corrected chi connectivity index (χ0v) is 37.6. The minimum atomic E-state index is -1.89. The quantitative estimate of drug-likeness (QED) is 0.00860. The fourth-order valence-corrected chi connectivity index (χ4v) is 8.99. The number of aromatic nitrogens is 2. The second-order valence-corrected chi connectivity index (χ2v) is 16.8. The van der Waals surface area contributed by atoms with Gasteiger partial charge < -0.3 is 45.5 Å². The van der Waals surface area contributed by atoms with Crippen LogP contribution in [0.25, 0.3) is 21.3 Å². The average molecular weight is 980 g/mol. The summed E-state index contributed by atoms with van der Waals surface area (Å²) in [4.78, 5) is 48.8. The third kappa shape index (κ3) is 13.8. The van der Waals surface area contributed by atoms with Crippen molar-refractivity contribution in [3.63, 3.8) is 0 Å². The molecule has 3 aromatic carbocycles. The van der Waals surface area contributed by atoms with Gasteiger partial charge >= 0.3 is 6.03 Å². The second kappa shape index (κ2) is 24.7. The number of halogens is 6. The molecule has 4 amide bonds. The lowest BCUT2D eigenvalue weighted by Gasteiger charge is -2.23. The number of unbranched alkanes of at least 4 members (excludes halogenated alkanes) is 1. The molecule has 67 heavy (non-hydrogen) atoms. The summed E-state index contributed by atoms with van der Waals surface area (Å²) in [6, 6.07) is 7.52. The van der Waals surface area contributed by atoms with E-state index in [-0.39, 0.29) is 87.4 Å². The van der Waals surface area contributed by atoms with Crippen molar-refractivity contribution in [2.75, 3.05) is 77.4 Å². The van der Waals surface area contributed by atoms with Gasteiger partial charge in [0.2, 0.25) is 11.8 Å². The molecule has 3 heterocycles. The van der Waals surface area contributed by atoms with E-state index < -0.39 is 59.3 Å². The van der Waals surface area contributed by atoms with Crippen LogP contribution in [0.5, 0.6) is 11.5 Å². The number of carbonyl (C=O) groups excluding carboxylic acids is 3. The Morgan fingerprint density at radius 3 is 2.42 bits per heavy atom. The predicted octanol–water partition coefficient (Wildman–Crippen LogP) is 6.55. The van der Waals surface area contributed by atoms with Gasteiger partial charge in [-0.3, -0.25) is 14.5 Å². The van der Waals surface area contributed by atoms with E-state index in [9.17, 15) is 36.3 Å². The molecule has 3 atom stereocenters. The van der Waals surface area contributed by atoms with Gasteiger partial charge in [-0.25, -0.2) is 36.7 Å². The van der Waals surface area contributed by atoms with Gasteiger partial charge in [0, 0.05) is 70.6 Å². The number of methoxy groups -OCH3 is 1. The molecule has 0 bridgehead atoms. The number of ether oxygens (including phenoxy) is 4. The highest BCUT2D eigenvalue weighted by Crippen LogP contribution is 2.36. The number of nitrogens with one attached hydrogen (secondary N) is 5. The molecule has 0 radical (unpaired) electrons. The van der Waals surface area contributed by atoms with Crippen LogP contribution in [0.3, 0.4) is 0 Å². The van der Waals surface area contributed by atoms with E-state index >= 15 is 0 Å². The molecule has 2 saturated heterocycles. The Labute approximate surface area is 390 Å². The minimum Gasteiger partial charge on any atom is -0.493 e. The largest absolute Gasteiger partial charge is 0.493 e. The first-order valence-electron chi connectivity index (χ1n) is 21.0. The fourth-order valence-electron chi connectivity index (χ4n) is 7.28. The molecule has 6 rings (SSSR count). The molecule has 25 heteroatoms. The minimum absolute atomic E-state index is 0.00609. The number of anilines is 2. The van der Waals surface area contributed by atoms with E-state index in [1.807, 2.05) is 0 Å². The highest BCUT2D eigenvalue weighted by Gasteiger charge is 2.42. The lowest BCUT2D eigenvalue weighted by Crippen LogP contribution is -2.40. The number of azide groups is 1. The Bertz CT molecular complexity index is 2430. The van der Waals surface area contributed by atoms with Gasteiger partial charge in [0.15, 0.2) is 34.8 Å². The molecule has 2 fully saturated rings. The fraction of sp³-hybridized carbons (Fsp3) is 0.452. The maximum absolute atomic E-state index is 15.0. The van der Waals surface area contributed by atoms with Crippen molar-refractivity contribution in [1.82, 2.24) is 36.1 Å². The third-order valence-electron chi connectivity index (χ3n) is 10.6. The van der Waals surface area contributed by atoms with Crippen molar-refractivity contribution in [3.8, 4) is 11.5 Å². The van der Waals surface area contributed by atoms with E-state index in [1.165, 1.54) is 36.5 Å². The third-order valence-corrected chi connectivity index (χ3v) is 12.3. The first-order valence-corrected chi connectivity index (χ1v) is 22.5. The first-order chi connectivity index (χ1) is 32.4. The summed E-state index contributed by atoms with van der Waals surface area (Å²) in [5, 5.41) is 17.9. The summed E-state index contributed by atoms with van der Waals surface area (Å²) in [7, 11) is 1.44. The monoisotopic (exact) mass is 979 g/mol. The van der Waals surface area contributed by atoms with E-state index in [1.54, 1.807) is 23.9 Å². The molecule has 2 aliphatic rings. The van der Waals surface area contributed by atoms with Gasteiger partial charge in [-0.1, -0.05) is 23.1 Å². The van der Waals surface area contributed by atoms with E-state index in [0.717, 1.165) is 18.6 Å². The van der Waals surface area contributed by atoms with Gasteiger partial charge in [-0.05, 0) is 42.6 Å². The molecule has 2 aliphatic heterocycles. The maximum Gasteiger partial charge on any atom is 0.315 e. The van der Waals surface area contributed by atoms with Crippen LogP contribution in [0, 0.1) is 29.1 Å². The lowest BCUT2D eigenvalue weighted by atomic mass is 10.0. The standard InChI is InChI=1S/C42H47ClF5N11O7S/c1-63-30-17-24-28(52-22-53-41(24)54-27-7-6-23(43)16-26(27)44)18-31(30)66-15-14-65-12-9-51-34(61)20-59(19-25-35(45)37(47)40(57-58-49)38(48)36(25)46)10-13-64-11-8-50-33(60)5-3-2-4-32-39-29(21-67-32)55-42(62)56-39/h6-7,16-18,22,29,32,39H,2-5,8-15,19-21H2,1H3,(H,50,60)(H,51,61)(H,52,53,54)(H2,55,56,62)/t29-,32-,39-/m0/s1. The zero-order chi connectivity index (χ0) is 47.9. The van der Waals surface area contributed by atoms with Crippen molar-refractivity contribution in [2.24, 2.45) is 5.11 Å². The SMILES string of the molecule is COc1cc2c(Nc3ccc(Cl)cc3F)ncnc2cc1OCCOCCNC(=O)CN(CCOCCNC(=O)CCCC[C@@H]1SC[C@@H]2NC(=O)N[C@@H]21)Cc1c(F)c(F)c(N=[N+]=[N-])c(F)c1F. The molecule has 18 nitrogen and oxygen atoms in total. The highest BCUT2D eigenvalue weighted by atomic mass is 35.5. The predicted molar refractivity (Wildman–Crippen MR) is 238 cm³/mol. The molecule has 0 spiro atoms. The van der Waals surface area contributed by atoms with E-state index in [0.29, 0.717) is 46.3 Å². The number of rotatable bonds is 26. The summed E-state index contributed by atoms with van der Waals surface area (Å²) < 4.78 is 96.2. The van der Waals surface area contributed by atoms with Crippen LogP contribution in [0.1, 0.15) is 31.2 Å². The molecule has 0 saturated carbocycles. The van der Waals surface area contributed by atoms with Gasteiger partial charge in [0.05, 0.1) is 63.4 Å². The number of amides is 4. The van der Waals surface area contributed by atoms with Crippen LogP contribution >= 0.6 is 23.4 Å². The number of hydrogen-bond donors (Lipinski definition) is 5. The smallest absolute Gasteiger partial charge is 0.315 e. The number of nitrogens with zero attached hydrogens (tertiary/aromatic N) is 6. The summed E-state index contributed by atoms with van der Waals surface area (Å²) in [6.45, 7) is -1.09. The summed E-state index contributed by atoms with van der Waals surface area (Å²) in [6.07, 6.45) is 3.95. The van der Waals surface area contributed by atoms with Crippen molar-refractivity contribution in [2.45, 2.75) is 49.6 Å². The topological polar surface area (TPSA) is 226 Å². The van der Waals surface area contributed by atoms with Gasteiger partial charge in [-0.15, -0.1) is 0 Å². The van der Waals surface area contributed by atoms with Crippen LogP contribution in [-0.4, -0.2) is 122 Å². The Kier molecular flexibility index (Phi) is 18.6. The van der Waals surface area contributed by atoms with Gasteiger partial charge in [-0.2, -0.15) is 11.8 Å². The number of urea groups is 1. The molecule has 1 aromatic heterocycles. The van der Waals surface area contributed by atoms with Gasteiger partial charge in [0.25, 0.3) is 0 Å². The summed E-state index contributed by atoms with van der Waals surface area (Å²) in [5.41, 5.74) is 6.72. The number of thioether (sulfide) groups is 1. The molecule has 360 valence electrons. The molecular formula is C42H47ClF5N11O7S. The number of carbonyl (C=O) groups is 3. The van der Waals surface area contributed by atoms with Crippen molar-refractivity contribution in [3.05, 3.63) is 86.8 Å². The van der Waals surface area contributed by atoms with Crippen LogP contribution in [-0.2, 0) is 25.6 Å². The maximum atomic E-state index is 15.0. The Balaban J connectivity index is 0.930.